The second kappa shape index (κ2) is 4.27. The maximum Gasteiger partial charge on any atom is 0.356 e. The van der Waals surface area contributed by atoms with Crippen molar-refractivity contribution in [2.24, 2.45) is 0 Å². The van der Waals surface area contributed by atoms with Crippen molar-refractivity contribution in [3.8, 4) is 0 Å². The van der Waals surface area contributed by atoms with Gasteiger partial charge in [0.2, 0.25) is 0 Å². The van der Waals surface area contributed by atoms with Crippen LogP contribution in [0.25, 0.3) is 0 Å². The van der Waals surface area contributed by atoms with Crippen molar-refractivity contribution < 1.29 is 19.1 Å². The molecular formula is C7H9NO4. The number of esters is 2. The Labute approximate surface area is 69.5 Å². The Bertz CT molecular complexity index is 218. The number of rotatable bonds is 3. The number of nitrogens with one attached hydrogen (secondary N) is 1. The van der Waals surface area contributed by atoms with Crippen LogP contribution in [0.3, 0.4) is 0 Å². The summed E-state index contributed by atoms with van der Waals surface area (Å²) in [6, 6.07) is 0. The molecule has 12 heavy (non-hydrogen) atoms. The Morgan fingerprint density at radius 2 is 1.58 bits per heavy atom. The molecule has 0 atom stereocenters. The molecule has 0 aliphatic carbocycles. The predicted molar refractivity (Wildman–Crippen MR) is 40.9 cm³/mol. The maximum atomic E-state index is 10.7. The quantitative estimate of drug-likeness (QED) is 0.365. The Balaban J connectivity index is 4.41. The Kier molecular flexibility index (Phi) is 3.69. The van der Waals surface area contributed by atoms with Crippen LogP contribution in [-0.2, 0) is 19.1 Å². The molecule has 0 saturated carbocycles. The zero-order valence-electron chi connectivity index (χ0n) is 6.84. The van der Waals surface area contributed by atoms with E-state index in [4.69, 9.17) is 5.41 Å². The van der Waals surface area contributed by atoms with E-state index in [1.54, 1.807) is 0 Å². The topological polar surface area (TPSA) is 76.5 Å². The van der Waals surface area contributed by atoms with E-state index in [-0.39, 0.29) is 5.57 Å². The van der Waals surface area contributed by atoms with Crippen LogP contribution < -0.4 is 0 Å². The minimum Gasteiger partial charge on any atom is -0.465 e. The summed E-state index contributed by atoms with van der Waals surface area (Å²) >= 11 is 0. The van der Waals surface area contributed by atoms with E-state index in [1.807, 2.05) is 0 Å². The third-order valence-corrected chi connectivity index (χ3v) is 1.12. The standard InChI is InChI=1S/C7H9NO4/c1-4(6(9)11-2)5(8)7(10)12-3/h8H,1H2,2-3H3. The van der Waals surface area contributed by atoms with Crippen molar-refractivity contribution in [2.75, 3.05) is 14.2 Å². The van der Waals surface area contributed by atoms with Crippen molar-refractivity contribution in [3.05, 3.63) is 12.2 Å². The van der Waals surface area contributed by atoms with Gasteiger partial charge in [0.05, 0.1) is 19.8 Å². The normalized spacial score (nSPS) is 8.50. The highest BCUT2D eigenvalue weighted by molar-refractivity contribution is 6.47. The first-order chi connectivity index (χ1) is 5.54. The minimum absolute atomic E-state index is 0.315. The molecule has 0 aliphatic heterocycles. The summed E-state index contributed by atoms with van der Waals surface area (Å²) in [4.78, 5) is 21.4. The van der Waals surface area contributed by atoms with Crippen molar-refractivity contribution in [1.82, 2.24) is 0 Å². The Morgan fingerprint density at radius 3 is 1.92 bits per heavy atom. The van der Waals surface area contributed by atoms with E-state index < -0.39 is 17.7 Å². The van der Waals surface area contributed by atoms with Gasteiger partial charge in [-0.1, -0.05) is 6.58 Å². The second-order valence-corrected chi connectivity index (χ2v) is 1.84. The summed E-state index contributed by atoms with van der Waals surface area (Å²) < 4.78 is 8.44. The summed E-state index contributed by atoms with van der Waals surface area (Å²) in [6.07, 6.45) is 0. The zero-order chi connectivity index (χ0) is 9.72. The monoisotopic (exact) mass is 171 g/mol. The molecule has 0 rings (SSSR count). The molecule has 1 N–H and O–H groups in total. The number of hydrogen-bond acceptors (Lipinski definition) is 5. The molecule has 5 nitrogen and oxygen atoms in total. The zero-order valence-corrected chi connectivity index (χ0v) is 6.84. The average Bonchev–Trinajstić information content (AvgIpc) is 2.12. The lowest BCUT2D eigenvalue weighted by Crippen LogP contribution is -2.22. The summed E-state index contributed by atoms with van der Waals surface area (Å²) in [5.74, 6) is -1.73. The van der Waals surface area contributed by atoms with Crippen LogP contribution in [0.5, 0.6) is 0 Å². The molecule has 0 aromatic carbocycles. The molecule has 0 saturated heterocycles. The van der Waals surface area contributed by atoms with Crippen molar-refractivity contribution in [1.29, 1.82) is 5.41 Å². The van der Waals surface area contributed by atoms with Crippen LogP contribution in [0.2, 0.25) is 0 Å². The van der Waals surface area contributed by atoms with Crippen LogP contribution in [0.15, 0.2) is 12.2 Å². The fourth-order valence-electron chi connectivity index (χ4n) is 0.451. The fourth-order valence-corrected chi connectivity index (χ4v) is 0.451. The van der Waals surface area contributed by atoms with Gasteiger partial charge in [-0.15, -0.1) is 0 Å². The molecule has 0 aromatic rings. The summed E-state index contributed by atoms with van der Waals surface area (Å²) in [5.41, 5.74) is -0.909. The van der Waals surface area contributed by atoms with Gasteiger partial charge in [0.1, 0.15) is 0 Å². The van der Waals surface area contributed by atoms with Gasteiger partial charge in [0, 0.05) is 0 Å². The van der Waals surface area contributed by atoms with Crippen molar-refractivity contribution in [3.63, 3.8) is 0 Å². The molecule has 0 aliphatic rings. The molecule has 0 bridgehead atoms. The van der Waals surface area contributed by atoms with E-state index in [2.05, 4.69) is 16.1 Å². The summed E-state index contributed by atoms with van der Waals surface area (Å²) in [6.45, 7) is 3.19. The molecular weight excluding hydrogens is 162 g/mol. The summed E-state index contributed by atoms with van der Waals surface area (Å²) in [5, 5.41) is 7.06. The van der Waals surface area contributed by atoms with Gasteiger partial charge in [0.15, 0.2) is 5.71 Å². The predicted octanol–water partition coefficient (Wildman–Crippen LogP) is -0.0916. The lowest BCUT2D eigenvalue weighted by atomic mass is 10.2. The average molecular weight is 171 g/mol. The largest absolute Gasteiger partial charge is 0.465 e. The van der Waals surface area contributed by atoms with Crippen LogP contribution in [-0.4, -0.2) is 31.9 Å². The smallest absolute Gasteiger partial charge is 0.356 e. The third-order valence-electron chi connectivity index (χ3n) is 1.12. The highest BCUT2D eigenvalue weighted by atomic mass is 16.5. The van der Waals surface area contributed by atoms with Gasteiger partial charge in [-0.3, -0.25) is 5.41 Å². The number of hydrogen-bond donors (Lipinski definition) is 1. The fraction of sp³-hybridized carbons (Fsp3) is 0.286. The van der Waals surface area contributed by atoms with E-state index in [1.165, 1.54) is 0 Å². The van der Waals surface area contributed by atoms with E-state index >= 15 is 0 Å². The van der Waals surface area contributed by atoms with Gasteiger partial charge >= 0.3 is 11.9 Å². The van der Waals surface area contributed by atoms with Crippen molar-refractivity contribution in [2.45, 2.75) is 0 Å². The van der Waals surface area contributed by atoms with Gasteiger partial charge in [-0.2, -0.15) is 0 Å². The molecule has 0 fully saturated rings. The minimum atomic E-state index is -0.912. The first kappa shape index (κ1) is 10.3. The van der Waals surface area contributed by atoms with Crippen LogP contribution in [0, 0.1) is 5.41 Å². The van der Waals surface area contributed by atoms with Gasteiger partial charge in [-0.05, 0) is 0 Å². The maximum absolute atomic E-state index is 10.7. The van der Waals surface area contributed by atoms with Crippen LogP contribution in [0.1, 0.15) is 0 Å². The van der Waals surface area contributed by atoms with Crippen LogP contribution in [0.4, 0.5) is 0 Å². The number of ether oxygens (including phenoxy) is 2. The first-order valence-electron chi connectivity index (χ1n) is 2.99. The Morgan fingerprint density at radius 1 is 1.17 bits per heavy atom. The van der Waals surface area contributed by atoms with E-state index in [0.717, 1.165) is 14.2 Å². The number of carbonyl (C=O) groups is 2. The van der Waals surface area contributed by atoms with Gasteiger partial charge < -0.3 is 9.47 Å². The highest BCUT2D eigenvalue weighted by Crippen LogP contribution is 1.97. The molecule has 5 heteroatoms. The molecule has 0 aromatic heterocycles. The van der Waals surface area contributed by atoms with Gasteiger partial charge in [-0.25, -0.2) is 9.59 Å². The van der Waals surface area contributed by atoms with Crippen molar-refractivity contribution >= 4 is 17.7 Å². The SMILES string of the molecule is C=C(C(=N)C(=O)OC)C(=O)OC. The number of methoxy groups -OCH3 is 2. The van der Waals surface area contributed by atoms with Crippen LogP contribution >= 0.6 is 0 Å². The van der Waals surface area contributed by atoms with E-state index in [9.17, 15) is 9.59 Å². The third kappa shape index (κ3) is 2.19. The molecule has 66 valence electrons. The summed E-state index contributed by atoms with van der Waals surface area (Å²) in [7, 11) is 2.25. The molecule has 0 unspecified atom stereocenters. The van der Waals surface area contributed by atoms with Gasteiger partial charge in [0.25, 0.3) is 0 Å². The number of carbonyl (C=O) groups excluding carboxylic acids is 2. The Hall–Kier alpha value is -1.65. The molecule has 0 heterocycles. The first-order valence-corrected chi connectivity index (χ1v) is 2.99. The van der Waals surface area contributed by atoms with E-state index in [0.29, 0.717) is 0 Å². The molecule has 0 radical (unpaired) electrons. The molecule has 0 spiro atoms. The molecule has 0 amide bonds. The highest BCUT2D eigenvalue weighted by Gasteiger charge is 2.19. The second-order valence-electron chi connectivity index (χ2n) is 1.84. The lowest BCUT2D eigenvalue weighted by molar-refractivity contribution is -0.137. The lowest BCUT2D eigenvalue weighted by Gasteiger charge is -2.02.